The molecule has 0 saturated carbocycles. The van der Waals surface area contributed by atoms with Crippen LogP contribution in [0.5, 0.6) is 0 Å². The van der Waals surface area contributed by atoms with Crippen molar-refractivity contribution < 1.29 is 15.0 Å². The SMILES string of the molecule is CCCCCCCCCCCCCCCC(O)C(N=O)C(CO)NC(=O)CCCCC. The molecule has 1 amide bonds. The molecule has 6 heteroatoms. The molecule has 3 unspecified atom stereocenters. The number of amides is 1. The topological polar surface area (TPSA) is 99.0 Å². The van der Waals surface area contributed by atoms with Crippen LogP contribution in [-0.4, -0.2) is 40.9 Å². The largest absolute Gasteiger partial charge is 0.394 e. The number of nitrogens with one attached hydrogen (secondary N) is 1. The van der Waals surface area contributed by atoms with E-state index in [1.807, 2.05) is 0 Å². The highest BCUT2D eigenvalue weighted by Gasteiger charge is 2.30. The summed E-state index contributed by atoms with van der Waals surface area (Å²) in [7, 11) is 0. The van der Waals surface area contributed by atoms with Gasteiger partial charge in [-0.15, -0.1) is 0 Å². The second kappa shape index (κ2) is 22.2. The summed E-state index contributed by atoms with van der Waals surface area (Å²) in [5.41, 5.74) is 0. The van der Waals surface area contributed by atoms with Crippen LogP contribution in [0.25, 0.3) is 0 Å². The Morgan fingerprint density at radius 1 is 0.774 bits per heavy atom. The number of hydrogen-bond donors (Lipinski definition) is 3. The molecular formula is C25H50N2O4. The van der Waals surface area contributed by atoms with Gasteiger partial charge in [0.2, 0.25) is 5.91 Å². The molecule has 0 saturated heterocycles. The first-order chi connectivity index (χ1) is 15.1. The minimum atomic E-state index is -1.00. The quantitative estimate of drug-likeness (QED) is 0.133. The van der Waals surface area contributed by atoms with Crippen LogP contribution in [0.1, 0.15) is 129 Å². The maximum absolute atomic E-state index is 12.0. The van der Waals surface area contributed by atoms with Gasteiger partial charge < -0.3 is 15.5 Å². The summed E-state index contributed by atoms with van der Waals surface area (Å²) < 4.78 is 0. The number of aliphatic hydroxyl groups is 2. The molecule has 0 spiro atoms. The second-order valence-electron chi connectivity index (χ2n) is 9.01. The summed E-state index contributed by atoms with van der Waals surface area (Å²) in [6.07, 6.45) is 19.0. The van der Waals surface area contributed by atoms with Crippen molar-refractivity contribution in [2.75, 3.05) is 6.61 Å². The molecule has 184 valence electrons. The standard InChI is InChI=1S/C25H50N2O4/c1-3-5-7-8-9-10-11-12-13-14-15-16-18-19-23(29)25(27-31)22(21-28)26-24(30)20-17-6-4-2/h22-23,25,28-29H,3-21H2,1-2H3,(H,26,30). The molecule has 6 nitrogen and oxygen atoms in total. The van der Waals surface area contributed by atoms with Crippen molar-refractivity contribution in [3.63, 3.8) is 0 Å². The van der Waals surface area contributed by atoms with Crippen LogP contribution in [0.3, 0.4) is 0 Å². The highest BCUT2D eigenvalue weighted by molar-refractivity contribution is 5.76. The fourth-order valence-corrected chi connectivity index (χ4v) is 4.01. The predicted molar refractivity (Wildman–Crippen MR) is 129 cm³/mol. The maximum Gasteiger partial charge on any atom is 0.220 e. The van der Waals surface area contributed by atoms with E-state index in [1.165, 1.54) is 64.2 Å². The smallest absolute Gasteiger partial charge is 0.220 e. The van der Waals surface area contributed by atoms with Crippen LogP contribution in [0.15, 0.2) is 5.18 Å². The zero-order chi connectivity index (χ0) is 23.2. The number of carbonyl (C=O) groups is 1. The minimum absolute atomic E-state index is 0.200. The van der Waals surface area contributed by atoms with Crippen molar-refractivity contribution in [3.8, 4) is 0 Å². The molecule has 0 aromatic heterocycles. The lowest BCUT2D eigenvalue weighted by atomic mass is 9.97. The summed E-state index contributed by atoms with van der Waals surface area (Å²) in [5, 5.41) is 25.6. The highest BCUT2D eigenvalue weighted by atomic mass is 16.3. The zero-order valence-electron chi connectivity index (χ0n) is 20.3. The first-order valence-electron chi connectivity index (χ1n) is 13.0. The average molecular weight is 443 g/mol. The number of aliphatic hydroxyl groups excluding tert-OH is 2. The van der Waals surface area contributed by atoms with Gasteiger partial charge in [0.05, 0.1) is 18.8 Å². The van der Waals surface area contributed by atoms with E-state index in [9.17, 15) is 19.9 Å². The Morgan fingerprint density at radius 3 is 1.68 bits per heavy atom. The summed E-state index contributed by atoms with van der Waals surface area (Å²) in [6.45, 7) is 3.92. The molecule has 0 heterocycles. The van der Waals surface area contributed by atoms with Gasteiger partial charge in [0.25, 0.3) is 0 Å². The summed E-state index contributed by atoms with van der Waals surface area (Å²) in [5.74, 6) is -0.200. The van der Waals surface area contributed by atoms with Crippen LogP contribution < -0.4 is 5.32 Å². The van der Waals surface area contributed by atoms with E-state index in [0.29, 0.717) is 12.8 Å². The van der Waals surface area contributed by atoms with Gasteiger partial charge in [0.15, 0.2) is 0 Å². The normalized spacial score (nSPS) is 14.2. The van der Waals surface area contributed by atoms with Gasteiger partial charge in [-0.2, -0.15) is 4.91 Å². The van der Waals surface area contributed by atoms with Crippen molar-refractivity contribution in [2.45, 2.75) is 148 Å². The molecular weight excluding hydrogens is 392 g/mol. The molecule has 0 fully saturated rings. The molecule has 0 bridgehead atoms. The van der Waals surface area contributed by atoms with Gasteiger partial charge in [-0.3, -0.25) is 4.79 Å². The monoisotopic (exact) mass is 442 g/mol. The fraction of sp³-hybridized carbons (Fsp3) is 0.960. The van der Waals surface area contributed by atoms with Crippen LogP contribution >= 0.6 is 0 Å². The number of hydrogen-bond acceptors (Lipinski definition) is 5. The fourth-order valence-electron chi connectivity index (χ4n) is 4.01. The van der Waals surface area contributed by atoms with E-state index in [4.69, 9.17) is 0 Å². The molecule has 31 heavy (non-hydrogen) atoms. The molecule has 3 atom stereocenters. The van der Waals surface area contributed by atoms with Crippen molar-refractivity contribution in [1.82, 2.24) is 5.32 Å². The third kappa shape index (κ3) is 17.2. The van der Waals surface area contributed by atoms with Gasteiger partial charge in [-0.05, 0) is 12.8 Å². The van der Waals surface area contributed by atoms with E-state index < -0.39 is 24.8 Å². The Morgan fingerprint density at radius 2 is 1.23 bits per heavy atom. The predicted octanol–water partition coefficient (Wildman–Crippen LogP) is 6.02. The second-order valence-corrected chi connectivity index (χ2v) is 9.01. The number of carbonyl (C=O) groups excluding carboxylic acids is 1. The van der Waals surface area contributed by atoms with E-state index in [1.54, 1.807) is 0 Å². The maximum atomic E-state index is 12.0. The van der Waals surface area contributed by atoms with Crippen LogP contribution in [-0.2, 0) is 4.79 Å². The third-order valence-electron chi connectivity index (χ3n) is 6.08. The molecule has 0 aliphatic rings. The van der Waals surface area contributed by atoms with E-state index in [0.717, 1.165) is 38.5 Å². The minimum Gasteiger partial charge on any atom is -0.394 e. The Kier molecular flexibility index (Phi) is 21.5. The van der Waals surface area contributed by atoms with Gasteiger partial charge in [0, 0.05) is 6.42 Å². The Bertz CT molecular complexity index is 420. The van der Waals surface area contributed by atoms with Gasteiger partial charge in [0.1, 0.15) is 6.04 Å². The van der Waals surface area contributed by atoms with Crippen molar-refractivity contribution in [3.05, 3.63) is 4.91 Å². The van der Waals surface area contributed by atoms with Gasteiger partial charge >= 0.3 is 0 Å². The Hall–Kier alpha value is -1.01. The average Bonchev–Trinajstić information content (AvgIpc) is 2.76. The van der Waals surface area contributed by atoms with Crippen molar-refractivity contribution in [2.24, 2.45) is 5.18 Å². The summed E-state index contributed by atoms with van der Waals surface area (Å²) >= 11 is 0. The number of nitrogens with zero attached hydrogens (tertiary/aromatic N) is 1. The summed E-state index contributed by atoms with van der Waals surface area (Å²) in [6, 6.07) is -1.82. The number of unbranched alkanes of at least 4 members (excludes halogenated alkanes) is 14. The first-order valence-corrected chi connectivity index (χ1v) is 13.0. The number of nitroso groups, excluding NO2 is 1. The first kappa shape index (κ1) is 30.0. The Balaban J connectivity index is 3.85. The lowest BCUT2D eigenvalue weighted by Gasteiger charge is -2.25. The highest BCUT2D eigenvalue weighted by Crippen LogP contribution is 2.16. The van der Waals surface area contributed by atoms with Crippen molar-refractivity contribution >= 4 is 5.91 Å². The molecule has 0 aliphatic heterocycles. The molecule has 0 aromatic rings. The molecule has 0 rings (SSSR count). The van der Waals surface area contributed by atoms with Gasteiger partial charge in [-0.25, -0.2) is 0 Å². The Labute approximate surface area is 190 Å². The molecule has 0 aromatic carbocycles. The zero-order valence-corrected chi connectivity index (χ0v) is 20.3. The lowest BCUT2D eigenvalue weighted by molar-refractivity contribution is -0.122. The molecule has 0 aliphatic carbocycles. The van der Waals surface area contributed by atoms with Crippen LogP contribution in [0.4, 0.5) is 0 Å². The third-order valence-corrected chi connectivity index (χ3v) is 6.08. The van der Waals surface area contributed by atoms with E-state index in [-0.39, 0.29) is 5.91 Å². The van der Waals surface area contributed by atoms with E-state index >= 15 is 0 Å². The van der Waals surface area contributed by atoms with Crippen LogP contribution in [0.2, 0.25) is 0 Å². The van der Waals surface area contributed by atoms with Gasteiger partial charge in [-0.1, -0.05) is 115 Å². The molecule has 0 radical (unpaired) electrons. The van der Waals surface area contributed by atoms with Crippen LogP contribution in [0, 0.1) is 4.91 Å². The summed E-state index contributed by atoms with van der Waals surface area (Å²) in [4.78, 5) is 23.2. The lowest BCUT2D eigenvalue weighted by Crippen LogP contribution is -2.49. The van der Waals surface area contributed by atoms with E-state index in [2.05, 4.69) is 24.3 Å². The molecule has 3 N–H and O–H groups in total. The van der Waals surface area contributed by atoms with Crippen molar-refractivity contribution in [1.29, 1.82) is 0 Å². The number of rotatable bonds is 23.